The molecule has 0 amide bonds. The monoisotopic (exact) mass is 225 g/mol. The second kappa shape index (κ2) is 4.52. The van der Waals surface area contributed by atoms with Gasteiger partial charge in [0.1, 0.15) is 5.82 Å². The van der Waals surface area contributed by atoms with E-state index in [0.29, 0.717) is 5.56 Å². The van der Waals surface area contributed by atoms with Crippen molar-refractivity contribution < 1.29 is 19.2 Å². The van der Waals surface area contributed by atoms with Gasteiger partial charge in [0.05, 0.1) is 16.6 Å². The molecule has 1 aromatic carbocycles. The van der Waals surface area contributed by atoms with Gasteiger partial charge in [-0.3, -0.25) is 10.1 Å². The van der Waals surface area contributed by atoms with Crippen molar-refractivity contribution in [2.75, 3.05) is 0 Å². The molecule has 0 heterocycles. The molecule has 0 atom stereocenters. The molecule has 0 aliphatic carbocycles. The largest absolute Gasteiger partial charge is 0.478 e. The minimum Gasteiger partial charge on any atom is -0.478 e. The Morgan fingerprint density at radius 2 is 2.19 bits per heavy atom. The fraction of sp³-hybridized carbons (Fsp3) is 0.100. The van der Waals surface area contributed by atoms with Crippen LogP contribution in [0.2, 0.25) is 0 Å². The molecule has 0 unspecified atom stereocenters. The number of nitro groups is 1. The summed E-state index contributed by atoms with van der Waals surface area (Å²) in [5, 5.41) is 19.0. The van der Waals surface area contributed by atoms with E-state index in [1.807, 2.05) is 0 Å². The summed E-state index contributed by atoms with van der Waals surface area (Å²) in [6.45, 7) is 1.47. The number of benzene rings is 1. The summed E-state index contributed by atoms with van der Waals surface area (Å²) in [6, 6.07) is 1.86. The number of rotatable bonds is 3. The molecule has 0 aliphatic heterocycles. The molecular formula is C10H8FNO4. The Kier molecular flexibility index (Phi) is 3.34. The molecule has 0 aliphatic rings. The predicted molar refractivity (Wildman–Crippen MR) is 54.5 cm³/mol. The Hall–Kier alpha value is -2.24. The van der Waals surface area contributed by atoms with Gasteiger partial charge in [-0.25, -0.2) is 9.18 Å². The van der Waals surface area contributed by atoms with E-state index in [1.165, 1.54) is 6.92 Å². The van der Waals surface area contributed by atoms with Crippen LogP contribution in [0.5, 0.6) is 0 Å². The van der Waals surface area contributed by atoms with Gasteiger partial charge in [-0.15, -0.1) is 0 Å². The second-order valence-electron chi connectivity index (χ2n) is 3.08. The number of carbonyl (C=O) groups is 1. The van der Waals surface area contributed by atoms with Crippen molar-refractivity contribution in [1.29, 1.82) is 0 Å². The molecule has 1 aromatic rings. The van der Waals surface area contributed by atoms with E-state index >= 15 is 0 Å². The molecule has 84 valence electrons. The Balaban J connectivity index is 3.35. The molecule has 6 heteroatoms. The number of nitrogens with zero attached hydrogens (tertiary/aromatic N) is 1. The van der Waals surface area contributed by atoms with Gasteiger partial charge in [0, 0.05) is 6.08 Å². The number of halogens is 1. The standard InChI is InChI=1S/C10H8FNO4/c1-6-4-7(11)5-9(12(15)16)8(6)2-3-10(13)14/h2-5H,1H3,(H,13,14)/b3-2+. The van der Waals surface area contributed by atoms with Crippen LogP contribution in [0.1, 0.15) is 11.1 Å². The quantitative estimate of drug-likeness (QED) is 0.485. The van der Waals surface area contributed by atoms with Crippen LogP contribution in [0, 0.1) is 22.9 Å². The molecule has 0 saturated carbocycles. The average Bonchev–Trinajstić information content (AvgIpc) is 2.14. The Morgan fingerprint density at radius 1 is 1.56 bits per heavy atom. The molecule has 5 nitrogen and oxygen atoms in total. The zero-order valence-electron chi connectivity index (χ0n) is 8.31. The van der Waals surface area contributed by atoms with Crippen molar-refractivity contribution in [2.24, 2.45) is 0 Å². The third-order valence-corrected chi connectivity index (χ3v) is 1.92. The number of hydrogen-bond acceptors (Lipinski definition) is 3. The van der Waals surface area contributed by atoms with Gasteiger partial charge in [-0.05, 0) is 24.6 Å². The number of aliphatic carboxylic acids is 1. The summed E-state index contributed by atoms with van der Waals surface area (Å²) >= 11 is 0. The van der Waals surface area contributed by atoms with Gasteiger partial charge in [0.2, 0.25) is 0 Å². The highest BCUT2D eigenvalue weighted by molar-refractivity contribution is 5.86. The van der Waals surface area contributed by atoms with Gasteiger partial charge in [-0.2, -0.15) is 0 Å². The van der Waals surface area contributed by atoms with Crippen LogP contribution < -0.4 is 0 Å². The maximum atomic E-state index is 12.9. The lowest BCUT2D eigenvalue weighted by atomic mass is 10.1. The topological polar surface area (TPSA) is 80.4 Å². The minimum absolute atomic E-state index is 0.0915. The summed E-state index contributed by atoms with van der Waals surface area (Å²) in [7, 11) is 0. The van der Waals surface area contributed by atoms with E-state index < -0.39 is 22.4 Å². The lowest BCUT2D eigenvalue weighted by Crippen LogP contribution is -1.96. The van der Waals surface area contributed by atoms with Crippen LogP contribution in [-0.4, -0.2) is 16.0 Å². The molecule has 0 radical (unpaired) electrons. The van der Waals surface area contributed by atoms with Crippen molar-refractivity contribution in [3.63, 3.8) is 0 Å². The first kappa shape index (κ1) is 11.8. The Morgan fingerprint density at radius 3 is 2.69 bits per heavy atom. The van der Waals surface area contributed by atoms with Gasteiger partial charge in [-0.1, -0.05) is 0 Å². The fourth-order valence-electron chi connectivity index (χ4n) is 1.26. The van der Waals surface area contributed by atoms with Crippen molar-refractivity contribution in [3.05, 3.63) is 45.3 Å². The van der Waals surface area contributed by atoms with E-state index in [9.17, 15) is 19.3 Å². The van der Waals surface area contributed by atoms with Crippen LogP contribution in [0.15, 0.2) is 18.2 Å². The first-order chi connectivity index (χ1) is 7.41. The lowest BCUT2D eigenvalue weighted by molar-refractivity contribution is -0.385. The third kappa shape index (κ3) is 2.63. The van der Waals surface area contributed by atoms with Crippen molar-refractivity contribution in [1.82, 2.24) is 0 Å². The van der Waals surface area contributed by atoms with Crippen LogP contribution in [0.25, 0.3) is 6.08 Å². The first-order valence-electron chi connectivity index (χ1n) is 4.27. The van der Waals surface area contributed by atoms with Crippen LogP contribution >= 0.6 is 0 Å². The number of carboxylic acids is 1. The highest BCUT2D eigenvalue weighted by Crippen LogP contribution is 2.25. The molecule has 0 fully saturated rings. The predicted octanol–water partition coefficient (Wildman–Crippen LogP) is 2.14. The van der Waals surface area contributed by atoms with Gasteiger partial charge >= 0.3 is 5.97 Å². The van der Waals surface area contributed by atoms with Crippen molar-refractivity contribution in [3.8, 4) is 0 Å². The Labute approximate surface area is 90.0 Å². The summed E-state index contributed by atoms with van der Waals surface area (Å²) < 4.78 is 12.9. The number of carboxylic acid groups (broad SMARTS) is 1. The molecule has 0 saturated heterocycles. The first-order valence-corrected chi connectivity index (χ1v) is 4.27. The molecule has 1 rings (SSSR count). The molecule has 0 aromatic heterocycles. The van der Waals surface area contributed by atoms with Crippen molar-refractivity contribution in [2.45, 2.75) is 6.92 Å². The highest BCUT2D eigenvalue weighted by atomic mass is 19.1. The SMILES string of the molecule is Cc1cc(F)cc([N+](=O)[O-])c1/C=C/C(=O)O. The summed E-state index contributed by atoms with van der Waals surface area (Å²) in [5.41, 5.74) is -0.0481. The maximum absolute atomic E-state index is 12.9. The van der Waals surface area contributed by atoms with E-state index in [0.717, 1.165) is 24.3 Å². The number of nitro benzene ring substituents is 1. The minimum atomic E-state index is -1.22. The normalized spacial score (nSPS) is 10.6. The summed E-state index contributed by atoms with van der Waals surface area (Å²) in [4.78, 5) is 20.2. The van der Waals surface area contributed by atoms with Crippen LogP contribution in [-0.2, 0) is 4.79 Å². The number of aryl methyl sites for hydroxylation is 1. The molecule has 16 heavy (non-hydrogen) atoms. The third-order valence-electron chi connectivity index (χ3n) is 1.92. The molecule has 0 bridgehead atoms. The van der Waals surface area contributed by atoms with Gasteiger partial charge in [0.25, 0.3) is 5.69 Å². The lowest BCUT2D eigenvalue weighted by Gasteiger charge is -2.02. The van der Waals surface area contributed by atoms with E-state index in [1.54, 1.807) is 0 Å². The zero-order valence-corrected chi connectivity index (χ0v) is 8.31. The van der Waals surface area contributed by atoms with Crippen LogP contribution in [0.3, 0.4) is 0 Å². The fourth-order valence-corrected chi connectivity index (χ4v) is 1.26. The molecule has 1 N–H and O–H groups in total. The van der Waals surface area contributed by atoms with Crippen molar-refractivity contribution >= 4 is 17.7 Å². The number of hydrogen-bond donors (Lipinski definition) is 1. The Bertz CT molecular complexity index is 482. The summed E-state index contributed by atoms with van der Waals surface area (Å²) in [6.07, 6.45) is 1.85. The van der Waals surface area contributed by atoms with Crippen LogP contribution in [0.4, 0.5) is 10.1 Å². The summed E-state index contributed by atoms with van der Waals surface area (Å²) in [5.74, 6) is -1.95. The van der Waals surface area contributed by atoms with Gasteiger partial charge in [0.15, 0.2) is 0 Å². The van der Waals surface area contributed by atoms with E-state index in [4.69, 9.17) is 5.11 Å². The van der Waals surface area contributed by atoms with Gasteiger partial charge < -0.3 is 5.11 Å². The average molecular weight is 225 g/mol. The highest BCUT2D eigenvalue weighted by Gasteiger charge is 2.15. The van der Waals surface area contributed by atoms with E-state index in [2.05, 4.69) is 0 Å². The second-order valence-corrected chi connectivity index (χ2v) is 3.08. The molecule has 0 spiro atoms. The molecular weight excluding hydrogens is 217 g/mol. The zero-order chi connectivity index (χ0) is 12.3. The smallest absolute Gasteiger partial charge is 0.328 e. The maximum Gasteiger partial charge on any atom is 0.328 e. The van der Waals surface area contributed by atoms with E-state index in [-0.39, 0.29) is 5.56 Å².